The topological polar surface area (TPSA) is 187 Å². The van der Waals surface area contributed by atoms with E-state index in [2.05, 4.69) is 15.3 Å². The summed E-state index contributed by atoms with van der Waals surface area (Å²) < 4.78 is 60.8. The van der Waals surface area contributed by atoms with Gasteiger partial charge in [-0.15, -0.1) is 10.2 Å². The Morgan fingerprint density at radius 2 is 1.09 bits per heavy atom. The Balaban J connectivity index is 0.000000207. The fourth-order valence-corrected chi connectivity index (χ4v) is 6.93. The van der Waals surface area contributed by atoms with Crippen LogP contribution < -0.4 is 30.5 Å². The number of aromatic nitrogens is 4. The van der Waals surface area contributed by atoms with Crippen molar-refractivity contribution in [3.8, 4) is 45.9 Å². The minimum atomic E-state index is -3.43. The molecule has 0 spiro atoms. The van der Waals surface area contributed by atoms with E-state index in [1.807, 2.05) is 119 Å². The Morgan fingerprint density at radius 3 is 1.56 bits per heavy atom. The summed E-state index contributed by atoms with van der Waals surface area (Å²) in [6.45, 7) is 8.88. The number of benzene rings is 6. The Kier molecular flexibility index (Phi) is 20.0. The summed E-state index contributed by atoms with van der Waals surface area (Å²) in [7, 11) is -3.43. The average Bonchev–Trinajstić information content (AvgIpc) is 3.93. The number of rotatable bonds is 17. The number of nitrogens with one attached hydrogen (secondary N) is 1. The normalized spacial score (nSPS) is 10.9. The minimum Gasteiger partial charge on any atom is -0.489 e. The van der Waals surface area contributed by atoms with E-state index in [0.29, 0.717) is 51.6 Å². The van der Waals surface area contributed by atoms with E-state index >= 15 is 0 Å². The third-order valence-corrected chi connectivity index (χ3v) is 10.3. The number of halogens is 2. The van der Waals surface area contributed by atoms with Crippen LogP contribution in [0.4, 0.5) is 0 Å². The molecule has 0 amide bonds. The Morgan fingerprint density at radius 1 is 0.600 bits per heavy atom. The summed E-state index contributed by atoms with van der Waals surface area (Å²) >= 11 is 12.3. The lowest BCUT2D eigenvalue weighted by molar-refractivity contribution is 0.242. The molecule has 6 aromatic carbocycles. The second-order valence-corrected chi connectivity index (χ2v) is 18.1. The van der Waals surface area contributed by atoms with Crippen molar-refractivity contribution < 1.29 is 40.4 Å². The van der Waals surface area contributed by atoms with Crippen LogP contribution in [0.3, 0.4) is 0 Å². The van der Waals surface area contributed by atoms with E-state index in [0.717, 1.165) is 34.3 Å². The summed E-state index contributed by atoms with van der Waals surface area (Å²) in [5, 5.41) is 11.1. The van der Waals surface area contributed by atoms with Gasteiger partial charge in [0.2, 0.25) is 11.8 Å². The number of hydrogen-bond acceptors (Lipinski definition) is 13. The molecule has 8 rings (SSSR count). The molecule has 2 aromatic heterocycles. The van der Waals surface area contributed by atoms with Crippen molar-refractivity contribution in [2.75, 3.05) is 6.26 Å². The Bertz CT molecular complexity index is 3120. The van der Waals surface area contributed by atoms with Crippen molar-refractivity contribution in [2.24, 2.45) is 0 Å². The predicted molar refractivity (Wildman–Crippen MR) is 270 cm³/mol. The van der Waals surface area contributed by atoms with Crippen LogP contribution in [0.2, 0.25) is 10.0 Å². The molecule has 18 heteroatoms. The molecule has 15 nitrogen and oxygen atoms in total. The summed E-state index contributed by atoms with van der Waals surface area (Å²) in [6, 6.07) is 44.8. The van der Waals surface area contributed by atoms with E-state index in [1.165, 1.54) is 4.68 Å². The Hall–Kier alpha value is -7.11. The van der Waals surface area contributed by atoms with Gasteiger partial charge in [-0.2, -0.15) is 13.1 Å². The Labute approximate surface area is 416 Å². The molecule has 8 aromatic rings. The zero-order valence-electron chi connectivity index (χ0n) is 38.3. The van der Waals surface area contributed by atoms with Crippen LogP contribution in [-0.2, 0) is 40.7 Å². The number of aromatic amines is 1. The van der Waals surface area contributed by atoms with Crippen LogP contribution in [0.5, 0.6) is 23.0 Å². The molecule has 0 aliphatic heterocycles. The van der Waals surface area contributed by atoms with Gasteiger partial charge in [0.25, 0.3) is 10.1 Å². The van der Waals surface area contributed by atoms with Crippen molar-refractivity contribution >= 4 is 33.3 Å². The third-order valence-electron chi connectivity index (χ3n) is 9.19. The highest BCUT2D eigenvalue weighted by Crippen LogP contribution is 2.31. The lowest BCUT2D eigenvalue weighted by atomic mass is 10.2. The van der Waals surface area contributed by atoms with Gasteiger partial charge < -0.3 is 27.8 Å². The van der Waals surface area contributed by atoms with Crippen LogP contribution in [0.15, 0.2) is 164 Å². The summed E-state index contributed by atoms with van der Waals surface area (Å²) in [6.07, 6.45) is 1.08. The van der Waals surface area contributed by atoms with Crippen LogP contribution >= 0.6 is 23.2 Å². The highest BCUT2D eigenvalue weighted by molar-refractivity contribution is 7.85. The van der Waals surface area contributed by atoms with Gasteiger partial charge in [0.05, 0.1) is 41.7 Å². The van der Waals surface area contributed by atoms with Crippen molar-refractivity contribution in [1.29, 1.82) is 0 Å². The molecule has 0 saturated heterocycles. The van der Waals surface area contributed by atoms with E-state index < -0.39 is 21.6 Å². The van der Waals surface area contributed by atoms with Crippen LogP contribution in [0, 0.1) is 0 Å². The maximum absolute atomic E-state index is 12.4. The van der Waals surface area contributed by atoms with Gasteiger partial charge in [0.15, 0.2) is 0 Å². The highest BCUT2D eigenvalue weighted by atomic mass is 35.5. The molecule has 0 fully saturated rings. The van der Waals surface area contributed by atoms with Gasteiger partial charge in [0.1, 0.15) is 36.2 Å². The molecule has 0 saturated carbocycles. The second kappa shape index (κ2) is 26.0. The fraction of sp³-hybridized carbons (Fsp3) is 0.231. The van der Waals surface area contributed by atoms with Crippen LogP contribution in [0.25, 0.3) is 22.9 Å². The smallest absolute Gasteiger partial charge is 0.437 e. The lowest BCUT2D eigenvalue weighted by Gasteiger charge is -2.11. The zero-order valence-corrected chi connectivity index (χ0v) is 40.7. The molecule has 0 atom stereocenters. The SMILES string of the molecule is C.CC(C)Oc1ccc(-c2n[nH]c(=O)o2)cc1Cl.CC(C)Oc1ccc(-c2nn(Cc3cccc(OCc4ccccc4)c3)c(=O)o2)cc1Cl.CS(=O)(=O)OCc1cccc(OCc2ccccc2)c1. The van der Waals surface area contributed by atoms with E-state index in [1.54, 1.807) is 54.6 Å². The maximum Gasteiger partial charge on any atom is 0.437 e. The summed E-state index contributed by atoms with van der Waals surface area (Å²) in [4.78, 5) is 23.2. The molecule has 0 bridgehead atoms. The number of ether oxygens (including phenoxy) is 4. The van der Waals surface area contributed by atoms with Crippen LogP contribution in [-0.4, -0.2) is 46.9 Å². The molecule has 0 aliphatic carbocycles. The van der Waals surface area contributed by atoms with E-state index in [-0.39, 0.29) is 44.6 Å². The first-order chi connectivity index (χ1) is 33.1. The number of H-pyrrole nitrogens is 1. The van der Waals surface area contributed by atoms with Gasteiger partial charge in [0, 0.05) is 11.1 Å². The molecule has 0 radical (unpaired) electrons. The monoisotopic (exact) mass is 1010 g/mol. The second-order valence-electron chi connectivity index (χ2n) is 15.7. The molecule has 1 N–H and O–H groups in total. The molecule has 0 aliphatic rings. The zero-order chi connectivity index (χ0) is 49.3. The van der Waals surface area contributed by atoms with Crippen molar-refractivity contribution in [2.45, 2.75) is 73.7 Å². The molecule has 70 heavy (non-hydrogen) atoms. The summed E-state index contributed by atoms with van der Waals surface area (Å²) in [5.41, 5.74) is 4.99. The molecular weight excluding hydrogens is 960 g/mol. The van der Waals surface area contributed by atoms with Gasteiger partial charge in [-0.25, -0.2) is 14.7 Å². The van der Waals surface area contributed by atoms with E-state index in [9.17, 15) is 18.0 Å². The van der Waals surface area contributed by atoms with Crippen molar-refractivity contribution in [3.63, 3.8) is 0 Å². The molecule has 0 unspecified atom stereocenters. The predicted octanol–water partition coefficient (Wildman–Crippen LogP) is 11.4. The molecule has 368 valence electrons. The summed E-state index contributed by atoms with van der Waals surface area (Å²) in [5.74, 6) is 1.81. The quantitative estimate of drug-likeness (QED) is 0.0850. The minimum absolute atomic E-state index is 0. The molecule has 2 heterocycles. The lowest BCUT2D eigenvalue weighted by Crippen LogP contribution is -2.16. The van der Waals surface area contributed by atoms with Gasteiger partial charge in [-0.05, 0) is 111 Å². The number of hydrogen-bond donors (Lipinski definition) is 1. The number of nitrogens with zero attached hydrogens (tertiary/aromatic N) is 3. The maximum atomic E-state index is 12.4. The fourth-order valence-electron chi connectivity index (χ4n) is 6.13. The van der Waals surface area contributed by atoms with Gasteiger partial charge in [-0.1, -0.05) is 116 Å². The first-order valence-corrected chi connectivity index (χ1v) is 24.1. The highest BCUT2D eigenvalue weighted by Gasteiger charge is 2.15. The standard InChI is InChI=1S/C25H23ClN2O4.C15H16O4S.C11H11ClN2O3.CH4/c1-17(2)31-23-12-11-20(14-22(23)26)24-27-28(25(29)32-24)15-19-9-6-10-21(13-19)30-16-18-7-4-3-5-8-18;1-20(16,17)19-12-14-8-5-9-15(10-14)18-11-13-6-3-2-4-7-13;1-6(2)16-9-4-3-7(5-8(9)12)10-13-14-11(15)17-10;/h3-14,17H,15-16H2,1-2H3;2-10H,11-12H2,1H3;3-6H,1-2H3,(H,14,15);1H4. The first kappa shape index (κ1) is 53.8. The van der Waals surface area contributed by atoms with Crippen molar-refractivity contribution in [1.82, 2.24) is 20.0 Å². The van der Waals surface area contributed by atoms with Gasteiger partial charge in [-0.3, -0.25) is 4.18 Å². The van der Waals surface area contributed by atoms with Gasteiger partial charge >= 0.3 is 11.5 Å². The first-order valence-electron chi connectivity index (χ1n) is 21.5. The van der Waals surface area contributed by atoms with Crippen molar-refractivity contribution in [3.05, 3.63) is 199 Å². The molecular formula is C52H54Cl2N4O11S. The third kappa shape index (κ3) is 17.4. The largest absolute Gasteiger partial charge is 0.489 e. The van der Waals surface area contributed by atoms with Crippen LogP contribution in [0.1, 0.15) is 57.4 Å². The average molecular weight is 1010 g/mol. The van der Waals surface area contributed by atoms with E-state index in [4.69, 9.17) is 55.2 Å².